The monoisotopic (exact) mass is 400 g/mol. The Bertz CT molecular complexity index is 905. The molecule has 0 spiro atoms. The van der Waals surface area contributed by atoms with E-state index in [1.54, 1.807) is 0 Å². The number of aliphatic imine (C=N–C) groups is 1. The fraction of sp³-hybridized carbons (Fsp3) is 0.238. The summed E-state index contributed by atoms with van der Waals surface area (Å²) in [4.78, 5) is 17.4. The van der Waals surface area contributed by atoms with E-state index >= 15 is 0 Å². The molecule has 1 amide bonds. The maximum Gasteiger partial charge on any atom is 0.264 e. The van der Waals surface area contributed by atoms with Gasteiger partial charge in [-0.05, 0) is 66.1 Å². The van der Waals surface area contributed by atoms with Crippen LogP contribution in [-0.2, 0) is 4.79 Å². The molecule has 140 valence electrons. The Morgan fingerprint density at radius 2 is 1.96 bits per heavy atom. The van der Waals surface area contributed by atoms with Crippen molar-refractivity contribution >= 4 is 46.2 Å². The van der Waals surface area contributed by atoms with Crippen molar-refractivity contribution in [1.82, 2.24) is 5.32 Å². The van der Waals surface area contributed by atoms with Gasteiger partial charge in [-0.1, -0.05) is 43.6 Å². The van der Waals surface area contributed by atoms with Crippen LogP contribution in [0.15, 0.2) is 52.4 Å². The lowest BCUT2D eigenvalue weighted by atomic mass is 10.2. The van der Waals surface area contributed by atoms with Crippen molar-refractivity contribution in [2.75, 3.05) is 6.61 Å². The molecule has 0 bridgehead atoms. The first-order valence-corrected chi connectivity index (χ1v) is 9.89. The minimum absolute atomic E-state index is 0.154. The third kappa shape index (κ3) is 5.15. The summed E-state index contributed by atoms with van der Waals surface area (Å²) >= 11 is 7.45. The third-order valence-electron chi connectivity index (χ3n) is 3.87. The van der Waals surface area contributed by atoms with E-state index in [1.807, 2.05) is 55.5 Å². The molecule has 1 aliphatic rings. The molecular weight excluding hydrogens is 380 g/mol. The molecule has 0 saturated carbocycles. The number of hydrogen-bond acceptors (Lipinski definition) is 4. The Hall–Kier alpha value is -2.24. The van der Waals surface area contributed by atoms with Gasteiger partial charge in [0.25, 0.3) is 5.91 Å². The van der Waals surface area contributed by atoms with Gasteiger partial charge in [0.15, 0.2) is 5.17 Å². The van der Waals surface area contributed by atoms with Crippen molar-refractivity contribution in [2.45, 2.75) is 20.8 Å². The highest BCUT2D eigenvalue weighted by Gasteiger charge is 2.24. The minimum atomic E-state index is -0.154. The van der Waals surface area contributed by atoms with Crippen LogP contribution in [-0.4, -0.2) is 17.7 Å². The Morgan fingerprint density at radius 1 is 1.22 bits per heavy atom. The molecule has 1 N–H and O–H groups in total. The molecule has 1 heterocycles. The number of carbonyl (C=O) groups is 1. The van der Waals surface area contributed by atoms with Gasteiger partial charge in [-0.3, -0.25) is 4.79 Å². The second kappa shape index (κ2) is 8.63. The van der Waals surface area contributed by atoms with Gasteiger partial charge in [0.1, 0.15) is 5.75 Å². The van der Waals surface area contributed by atoms with E-state index in [0.717, 1.165) is 22.6 Å². The van der Waals surface area contributed by atoms with Crippen molar-refractivity contribution in [2.24, 2.45) is 10.9 Å². The van der Waals surface area contributed by atoms with Crippen molar-refractivity contribution in [3.8, 4) is 5.75 Å². The quantitative estimate of drug-likeness (QED) is 0.667. The van der Waals surface area contributed by atoms with Crippen LogP contribution in [0.1, 0.15) is 25.0 Å². The predicted octanol–water partition coefficient (Wildman–Crippen LogP) is 5.57. The molecule has 0 aromatic heterocycles. The molecule has 0 radical (unpaired) electrons. The molecule has 0 unspecified atom stereocenters. The van der Waals surface area contributed by atoms with Gasteiger partial charge >= 0.3 is 0 Å². The molecule has 2 aromatic carbocycles. The Morgan fingerprint density at radius 3 is 2.67 bits per heavy atom. The van der Waals surface area contributed by atoms with Crippen molar-refractivity contribution in [3.05, 3.63) is 63.5 Å². The maximum atomic E-state index is 12.2. The third-order valence-corrected chi connectivity index (χ3v) is 5.19. The lowest BCUT2D eigenvalue weighted by molar-refractivity contribution is -0.115. The van der Waals surface area contributed by atoms with Crippen LogP contribution in [0.5, 0.6) is 5.75 Å². The topological polar surface area (TPSA) is 50.7 Å². The summed E-state index contributed by atoms with van der Waals surface area (Å²) < 4.78 is 5.68. The first-order valence-electron chi connectivity index (χ1n) is 8.70. The molecule has 4 nitrogen and oxygen atoms in total. The molecule has 0 aliphatic carbocycles. The molecule has 27 heavy (non-hydrogen) atoms. The SMILES string of the molecule is Cc1c(Cl)cccc1N=C1NC(=O)/C(=C/c2ccc(OCC(C)C)cc2)S1. The molecule has 1 fully saturated rings. The summed E-state index contributed by atoms with van der Waals surface area (Å²) in [7, 11) is 0. The smallest absolute Gasteiger partial charge is 0.264 e. The zero-order valence-electron chi connectivity index (χ0n) is 15.5. The Kier molecular flexibility index (Phi) is 6.24. The molecular formula is C21H21ClN2O2S. The normalized spacial score (nSPS) is 17.0. The van der Waals surface area contributed by atoms with Crippen LogP contribution < -0.4 is 10.1 Å². The van der Waals surface area contributed by atoms with Gasteiger partial charge in [0, 0.05) is 5.02 Å². The number of amides is 1. The van der Waals surface area contributed by atoms with Gasteiger partial charge in [-0.2, -0.15) is 0 Å². The number of amidine groups is 1. The number of benzene rings is 2. The summed E-state index contributed by atoms with van der Waals surface area (Å²) in [6.07, 6.45) is 1.85. The van der Waals surface area contributed by atoms with Crippen molar-refractivity contribution < 1.29 is 9.53 Å². The van der Waals surface area contributed by atoms with Crippen molar-refractivity contribution in [1.29, 1.82) is 0 Å². The highest BCUT2D eigenvalue weighted by molar-refractivity contribution is 8.18. The molecule has 6 heteroatoms. The van der Waals surface area contributed by atoms with Crippen molar-refractivity contribution in [3.63, 3.8) is 0 Å². The zero-order valence-corrected chi connectivity index (χ0v) is 17.0. The van der Waals surface area contributed by atoms with Gasteiger partial charge in [0.2, 0.25) is 0 Å². The lowest BCUT2D eigenvalue weighted by Crippen LogP contribution is -2.19. The number of rotatable bonds is 5. The standard InChI is InChI=1S/C21H21ClN2O2S/c1-13(2)12-26-16-9-7-15(8-10-16)11-19-20(25)24-21(27-19)23-18-6-4-5-17(22)14(18)3/h4-11,13H,12H2,1-3H3,(H,23,24,25)/b19-11-. The molecule has 3 rings (SSSR count). The minimum Gasteiger partial charge on any atom is -0.493 e. The van der Waals surface area contributed by atoms with E-state index in [-0.39, 0.29) is 5.91 Å². The average molecular weight is 401 g/mol. The lowest BCUT2D eigenvalue weighted by Gasteiger charge is -2.08. The highest BCUT2D eigenvalue weighted by Crippen LogP contribution is 2.31. The van der Waals surface area contributed by atoms with Crippen LogP contribution in [0.2, 0.25) is 5.02 Å². The maximum absolute atomic E-state index is 12.2. The van der Waals surface area contributed by atoms with E-state index in [2.05, 4.69) is 24.2 Å². The molecule has 0 atom stereocenters. The van der Waals surface area contributed by atoms with Gasteiger partial charge in [-0.25, -0.2) is 4.99 Å². The van der Waals surface area contributed by atoms with Gasteiger partial charge in [0.05, 0.1) is 17.2 Å². The van der Waals surface area contributed by atoms with E-state index in [0.29, 0.717) is 27.6 Å². The van der Waals surface area contributed by atoms with Crippen LogP contribution >= 0.6 is 23.4 Å². The zero-order chi connectivity index (χ0) is 19.4. The predicted molar refractivity (Wildman–Crippen MR) is 114 cm³/mol. The van der Waals surface area contributed by atoms with Gasteiger partial charge < -0.3 is 10.1 Å². The second-order valence-electron chi connectivity index (χ2n) is 6.64. The van der Waals surface area contributed by atoms with E-state index in [1.165, 1.54) is 11.8 Å². The molecule has 1 saturated heterocycles. The first-order chi connectivity index (χ1) is 12.9. The average Bonchev–Trinajstić information content (AvgIpc) is 2.97. The van der Waals surface area contributed by atoms with Gasteiger partial charge in [-0.15, -0.1) is 0 Å². The Labute approximate surface area is 168 Å². The second-order valence-corrected chi connectivity index (χ2v) is 8.08. The molecule has 2 aromatic rings. The number of carbonyl (C=O) groups excluding carboxylic acids is 1. The largest absolute Gasteiger partial charge is 0.493 e. The summed E-state index contributed by atoms with van der Waals surface area (Å²) in [6, 6.07) is 13.2. The fourth-order valence-electron chi connectivity index (χ4n) is 2.38. The summed E-state index contributed by atoms with van der Waals surface area (Å²) in [6.45, 7) is 6.81. The number of nitrogens with zero attached hydrogens (tertiary/aromatic N) is 1. The van der Waals surface area contributed by atoms with E-state index in [4.69, 9.17) is 16.3 Å². The number of ether oxygens (including phenoxy) is 1. The van der Waals surface area contributed by atoms with Crippen LogP contribution in [0.4, 0.5) is 5.69 Å². The number of hydrogen-bond donors (Lipinski definition) is 1. The van der Waals surface area contributed by atoms with Crippen LogP contribution in [0.25, 0.3) is 6.08 Å². The van der Waals surface area contributed by atoms with E-state index < -0.39 is 0 Å². The Balaban J connectivity index is 1.73. The summed E-state index contributed by atoms with van der Waals surface area (Å²) in [5, 5.41) is 4.01. The highest BCUT2D eigenvalue weighted by atomic mass is 35.5. The first kappa shape index (κ1) is 19.5. The number of thioether (sulfide) groups is 1. The molecule has 1 aliphatic heterocycles. The number of nitrogens with one attached hydrogen (secondary N) is 1. The fourth-order valence-corrected chi connectivity index (χ4v) is 3.39. The van der Waals surface area contributed by atoms with E-state index in [9.17, 15) is 4.79 Å². The van der Waals surface area contributed by atoms with Crippen LogP contribution in [0.3, 0.4) is 0 Å². The number of halogens is 1. The summed E-state index contributed by atoms with van der Waals surface area (Å²) in [5.41, 5.74) is 2.57. The summed E-state index contributed by atoms with van der Waals surface area (Å²) in [5.74, 6) is 1.15. The van der Waals surface area contributed by atoms with Crippen LogP contribution in [0, 0.1) is 12.8 Å².